The summed E-state index contributed by atoms with van der Waals surface area (Å²) in [6.07, 6.45) is 11.4. The molecule has 1 saturated heterocycles. The fraction of sp³-hybridized carbons (Fsp3) is 0.525. The molecule has 10 rings (SSSR count). The summed E-state index contributed by atoms with van der Waals surface area (Å²) in [7, 11) is 3.03. The molecule has 0 radical (unpaired) electrons. The number of unbranched alkanes of at least 4 members (excludes halogenated alkanes) is 2. The van der Waals surface area contributed by atoms with Crippen molar-refractivity contribution in [1.82, 2.24) is 25.3 Å². The number of anilines is 1. The summed E-state index contributed by atoms with van der Waals surface area (Å²) in [4.78, 5) is 118. The number of aliphatic imine (C=N–C) groups is 2. The van der Waals surface area contributed by atoms with Crippen LogP contribution in [-0.4, -0.2) is 232 Å². The Hall–Kier alpha value is -9.62. The van der Waals surface area contributed by atoms with Gasteiger partial charge in [-0.25, -0.2) is 0 Å². The minimum atomic E-state index is -0.737. The third kappa shape index (κ3) is 23.7. The normalized spacial score (nSPS) is 17.2. The van der Waals surface area contributed by atoms with Crippen LogP contribution in [0.25, 0.3) is 11.1 Å². The first-order valence-corrected chi connectivity index (χ1v) is 37.1. The average Bonchev–Trinajstić information content (AvgIpc) is 1.76. The molecule has 4 aromatic rings. The number of rotatable bonds is 47. The molecule has 590 valence electrons. The summed E-state index contributed by atoms with van der Waals surface area (Å²) < 4.78 is 73.7. The van der Waals surface area contributed by atoms with Gasteiger partial charge in [-0.1, -0.05) is 59.7 Å². The lowest BCUT2D eigenvalue weighted by Gasteiger charge is -2.23. The van der Waals surface area contributed by atoms with Crippen molar-refractivity contribution >= 4 is 87.8 Å². The monoisotopic (exact) mass is 1510 g/mol. The zero-order valence-corrected chi connectivity index (χ0v) is 62.4. The van der Waals surface area contributed by atoms with Crippen LogP contribution in [0, 0.1) is 17.8 Å². The van der Waals surface area contributed by atoms with Gasteiger partial charge in [-0.05, 0) is 77.4 Å². The van der Waals surface area contributed by atoms with Crippen LogP contribution < -0.4 is 44.4 Å². The van der Waals surface area contributed by atoms with E-state index in [1.165, 1.54) is 14.2 Å². The molecule has 7 amide bonds. The molecular weight excluding hydrogens is 1410 g/mol. The van der Waals surface area contributed by atoms with Crippen LogP contribution in [0.2, 0.25) is 0 Å². The summed E-state index contributed by atoms with van der Waals surface area (Å²) in [6.45, 7) is 14.0. The van der Waals surface area contributed by atoms with Crippen molar-refractivity contribution in [3.8, 4) is 34.5 Å². The molecular formula is C80H104N8O21. The van der Waals surface area contributed by atoms with E-state index in [0.717, 1.165) is 40.0 Å². The molecule has 0 spiro atoms. The van der Waals surface area contributed by atoms with E-state index >= 15 is 0 Å². The lowest BCUT2D eigenvalue weighted by atomic mass is 9.92. The topological polar surface area (TPSA) is 327 Å². The highest BCUT2D eigenvalue weighted by atomic mass is 16.7. The number of hydrogen-bond donors (Lipinski definition) is 3. The van der Waals surface area contributed by atoms with Crippen LogP contribution in [0.3, 0.4) is 0 Å². The van der Waals surface area contributed by atoms with E-state index in [-0.39, 0.29) is 131 Å². The van der Waals surface area contributed by atoms with E-state index in [1.54, 1.807) is 72.5 Å². The second kappa shape index (κ2) is 42.4. The largest absolute Gasteiger partial charge is 0.493 e. The molecule has 109 heavy (non-hydrogen) atoms. The number of fused-ring (bicyclic) bond motifs is 5. The fourth-order valence-electron chi connectivity index (χ4n) is 12.8. The number of carbonyl (C=O) groups excluding carboxylic acids is 8. The second-order valence-electron chi connectivity index (χ2n) is 27.1. The second-order valence-corrected chi connectivity index (χ2v) is 27.1. The molecule has 5 atom stereocenters. The summed E-state index contributed by atoms with van der Waals surface area (Å²) in [5.74, 6) is -0.141. The van der Waals surface area contributed by atoms with Crippen LogP contribution in [0.1, 0.15) is 131 Å². The van der Waals surface area contributed by atoms with Gasteiger partial charge < -0.3 is 87.3 Å². The number of amides is 7. The predicted octanol–water partition coefficient (Wildman–Crippen LogP) is 9.11. The molecule has 1 fully saturated rings. The molecule has 6 aliphatic heterocycles. The zero-order valence-electron chi connectivity index (χ0n) is 62.4. The van der Waals surface area contributed by atoms with Gasteiger partial charge >= 0.3 is 0 Å². The number of benzene rings is 4. The molecule has 0 aliphatic carbocycles. The van der Waals surface area contributed by atoms with E-state index in [9.17, 15) is 38.4 Å². The van der Waals surface area contributed by atoms with E-state index in [0.29, 0.717) is 187 Å². The van der Waals surface area contributed by atoms with E-state index in [4.69, 9.17) is 71.6 Å². The lowest BCUT2D eigenvalue weighted by molar-refractivity contribution is -0.139. The molecule has 29 nitrogen and oxygen atoms in total. The van der Waals surface area contributed by atoms with Crippen molar-refractivity contribution in [2.75, 3.05) is 145 Å². The summed E-state index contributed by atoms with van der Waals surface area (Å²) >= 11 is 0. The molecule has 0 aromatic heterocycles. The first-order chi connectivity index (χ1) is 52.5. The maximum absolute atomic E-state index is 14.2. The molecule has 6 aliphatic rings. The first kappa shape index (κ1) is 83.4. The van der Waals surface area contributed by atoms with Crippen LogP contribution in [0.4, 0.5) is 17.1 Å². The Labute approximate surface area is 636 Å². The van der Waals surface area contributed by atoms with Gasteiger partial charge in [0.15, 0.2) is 40.3 Å². The Kier molecular flexibility index (Phi) is 32.4. The third-order valence-electron chi connectivity index (χ3n) is 18.8. The number of hydrogen-bond acceptors (Lipinski definition) is 23. The molecule has 1 unspecified atom stereocenters. The Balaban J connectivity index is 0.0000137. The number of Topliss-reactive ketones (excluding diaryl/α,β-unsaturated/α-hetero) is 1. The number of ether oxygens (including phenoxy) is 13. The lowest BCUT2D eigenvalue weighted by Crippen LogP contribution is -2.45. The first-order valence-electron chi connectivity index (χ1n) is 37.1. The number of nitrogens with one attached hydrogen (secondary N) is 3. The number of ketones is 1. The van der Waals surface area contributed by atoms with E-state index in [2.05, 4.69) is 16.0 Å². The molecule has 0 bridgehead atoms. The average molecular weight is 1510 g/mol. The Morgan fingerprint density at radius 2 is 1.06 bits per heavy atom. The Morgan fingerprint density at radius 1 is 0.550 bits per heavy atom. The highest BCUT2D eigenvalue weighted by Gasteiger charge is 2.38. The van der Waals surface area contributed by atoms with Crippen LogP contribution in [0.15, 0.2) is 89.1 Å². The van der Waals surface area contributed by atoms with Crippen molar-refractivity contribution in [1.29, 1.82) is 0 Å². The van der Waals surface area contributed by atoms with Crippen molar-refractivity contribution in [2.24, 2.45) is 27.7 Å². The molecule has 0 saturated carbocycles. The van der Waals surface area contributed by atoms with E-state index < -0.39 is 12.0 Å². The number of carbonyl (C=O) groups is 8. The number of methoxy groups -OCH3 is 2. The van der Waals surface area contributed by atoms with Gasteiger partial charge in [-0.3, -0.25) is 53.2 Å². The molecule has 29 heteroatoms. The van der Waals surface area contributed by atoms with Crippen LogP contribution in [0.5, 0.6) is 34.5 Å². The highest BCUT2D eigenvalue weighted by Crippen LogP contribution is 2.43. The zero-order chi connectivity index (χ0) is 76.3. The van der Waals surface area contributed by atoms with Crippen molar-refractivity contribution in [3.05, 3.63) is 101 Å². The van der Waals surface area contributed by atoms with Gasteiger partial charge in [0.1, 0.15) is 0 Å². The van der Waals surface area contributed by atoms with Gasteiger partial charge in [-0.2, -0.15) is 0 Å². The summed E-state index contributed by atoms with van der Waals surface area (Å²) in [6, 6.07) is 18.4. The Morgan fingerprint density at radius 3 is 1.59 bits per heavy atom. The maximum atomic E-state index is 14.2. The smallest absolute Gasteiger partial charge is 0.260 e. The summed E-state index contributed by atoms with van der Waals surface area (Å²) in [5.41, 5.74) is 5.90. The van der Waals surface area contributed by atoms with Crippen molar-refractivity contribution in [2.45, 2.75) is 117 Å². The predicted molar refractivity (Wildman–Crippen MR) is 405 cm³/mol. The third-order valence-corrected chi connectivity index (χ3v) is 18.8. The van der Waals surface area contributed by atoms with Crippen molar-refractivity contribution in [3.63, 3.8) is 0 Å². The number of nitrogens with zero attached hydrogens (tertiary/aromatic N) is 5. The Bertz CT molecular complexity index is 3920. The van der Waals surface area contributed by atoms with Gasteiger partial charge in [0, 0.05) is 119 Å². The number of likely N-dealkylation sites (tertiary alicyclic amines) is 1. The van der Waals surface area contributed by atoms with Gasteiger partial charge in [0.2, 0.25) is 36.3 Å². The van der Waals surface area contributed by atoms with Gasteiger partial charge in [0.25, 0.3) is 11.8 Å². The highest BCUT2D eigenvalue weighted by molar-refractivity contribution is 6.07. The summed E-state index contributed by atoms with van der Waals surface area (Å²) in [5, 5.41) is 8.55. The quantitative estimate of drug-likeness (QED) is 0.0274. The van der Waals surface area contributed by atoms with E-state index in [1.807, 2.05) is 56.6 Å². The van der Waals surface area contributed by atoms with Crippen LogP contribution in [-0.2, 0) is 61.9 Å². The maximum Gasteiger partial charge on any atom is 0.260 e. The minimum Gasteiger partial charge on any atom is -0.493 e. The molecule has 4 aromatic carbocycles. The molecule has 3 N–H and O–H groups in total. The standard InChI is InChI=1S/C79H100N8O21.CH4/c1-51(2)75(84-73(90)11-8-7-9-21-98-25-27-100-29-31-102-33-35-104-36-34-103-32-30-101-28-26-99-24-19-80-72(89)18-20-85-74(91)38-53(4)77(85)93)65(88)37-52(3)76(92)83-58-15-12-54(13-16-58)56-39-59-46-81-63-44-70(67(96-5)42-61(63)78(94)86(59)48-56)105-22-10-23-106-71-45-64-62(43-68(71)97-6)79(95)87-49-57(40-60(87)47-82-64)55-14-17-66-69(41-55)108-50-107-66;/h12-17,41-49,51-53,59-60,75H,7-11,18-40,50H2,1-6H3,(H,80,89)(H,83,92)(H,84,90);1H4/t52-,53?,59+,60+,75+;/m1./s1. The van der Waals surface area contributed by atoms with Crippen molar-refractivity contribution < 1.29 is 99.9 Å². The van der Waals surface area contributed by atoms with Gasteiger partial charge in [-0.15, -0.1) is 0 Å². The molecule has 6 heterocycles. The SMILES string of the molecule is C.COc1cc2c(cc1OCCCOc1cc3c(cc1OC)C(=O)N1C=C(c4ccc5c(c4)OCO5)C[C@H]1C=N3)N=C[C@@H]1CC(c3ccc(NC(=O)[C@H](C)CC(=O)[C@@H](NC(=O)CCCCCOCCOCCOCCOCCOCCOCCOCCNC(=O)CCN4C(=O)CC(C)C4=O)C(C)C)cc3)=CN1C2=O. The van der Waals surface area contributed by atoms with Gasteiger partial charge in [0.05, 0.1) is 154 Å². The van der Waals surface area contributed by atoms with Crippen LogP contribution >= 0.6 is 0 Å². The number of imide groups is 1. The fourth-order valence-corrected chi connectivity index (χ4v) is 12.8. The minimum absolute atomic E-state index is 0.